The maximum absolute atomic E-state index is 12.5. The molecule has 0 aliphatic carbocycles. The van der Waals surface area contributed by atoms with E-state index in [1.54, 1.807) is 24.3 Å². The van der Waals surface area contributed by atoms with E-state index in [0.29, 0.717) is 17.9 Å². The van der Waals surface area contributed by atoms with E-state index in [0.717, 1.165) is 11.3 Å². The number of anilines is 1. The summed E-state index contributed by atoms with van der Waals surface area (Å²) in [6, 6.07) is 23.2. The smallest absolute Gasteiger partial charge is 0.256 e. The Morgan fingerprint density at radius 2 is 1.67 bits per heavy atom. The van der Waals surface area contributed by atoms with Gasteiger partial charge in [0.15, 0.2) is 0 Å². The Kier molecular flexibility index (Phi) is 4.77. The van der Waals surface area contributed by atoms with Crippen LogP contribution >= 0.6 is 0 Å². The second kappa shape index (κ2) is 7.33. The van der Waals surface area contributed by atoms with Crippen LogP contribution in [-0.2, 0) is 6.61 Å². The summed E-state index contributed by atoms with van der Waals surface area (Å²) in [5.74, 6) is 0.613. The van der Waals surface area contributed by atoms with Gasteiger partial charge in [0, 0.05) is 22.9 Å². The summed E-state index contributed by atoms with van der Waals surface area (Å²) < 4.78 is 5.73. The lowest BCUT2D eigenvalue weighted by Gasteiger charge is -2.11. The predicted molar refractivity (Wildman–Crippen MR) is 93.3 cm³/mol. The van der Waals surface area contributed by atoms with Crippen molar-refractivity contribution in [1.29, 1.82) is 0 Å². The third kappa shape index (κ3) is 3.93. The van der Waals surface area contributed by atoms with Gasteiger partial charge in [0.25, 0.3) is 5.91 Å². The Labute approximate surface area is 140 Å². The van der Waals surface area contributed by atoms with Gasteiger partial charge >= 0.3 is 0 Å². The normalized spacial score (nSPS) is 10.2. The van der Waals surface area contributed by atoms with Gasteiger partial charge in [-0.15, -0.1) is 0 Å². The number of carbonyl (C=O) groups excluding carboxylic acids is 1. The molecular formula is C20H17NO3. The minimum Gasteiger partial charge on any atom is -0.508 e. The molecule has 0 aliphatic heterocycles. The van der Waals surface area contributed by atoms with Crippen LogP contribution in [0, 0.1) is 0 Å². The Morgan fingerprint density at radius 3 is 2.46 bits per heavy atom. The summed E-state index contributed by atoms with van der Waals surface area (Å²) in [6.07, 6.45) is 0. The molecule has 1 amide bonds. The molecule has 0 atom stereocenters. The SMILES string of the molecule is O=C(Nc1cccc(O)c1)c1ccccc1COc1ccccc1. The maximum Gasteiger partial charge on any atom is 0.256 e. The average Bonchev–Trinajstić information content (AvgIpc) is 2.61. The van der Waals surface area contributed by atoms with Crippen molar-refractivity contribution in [3.8, 4) is 11.5 Å². The molecule has 3 rings (SSSR count). The molecule has 3 aromatic carbocycles. The van der Waals surface area contributed by atoms with Crippen molar-refractivity contribution in [3.05, 3.63) is 90.0 Å². The van der Waals surface area contributed by atoms with Crippen LogP contribution in [0.4, 0.5) is 5.69 Å². The van der Waals surface area contributed by atoms with Crippen LogP contribution in [0.1, 0.15) is 15.9 Å². The number of nitrogens with one attached hydrogen (secondary N) is 1. The first-order valence-electron chi connectivity index (χ1n) is 7.58. The van der Waals surface area contributed by atoms with Gasteiger partial charge in [-0.05, 0) is 30.3 Å². The van der Waals surface area contributed by atoms with Crippen LogP contribution < -0.4 is 10.1 Å². The number of carbonyl (C=O) groups is 1. The third-order valence-corrected chi connectivity index (χ3v) is 3.50. The molecule has 120 valence electrons. The van der Waals surface area contributed by atoms with Crippen molar-refractivity contribution in [1.82, 2.24) is 0 Å². The van der Waals surface area contributed by atoms with Crippen LogP contribution in [0.25, 0.3) is 0 Å². The zero-order valence-corrected chi connectivity index (χ0v) is 13.0. The largest absolute Gasteiger partial charge is 0.508 e. The highest BCUT2D eigenvalue weighted by molar-refractivity contribution is 6.05. The molecule has 0 heterocycles. The van der Waals surface area contributed by atoms with Gasteiger partial charge in [0.1, 0.15) is 18.1 Å². The van der Waals surface area contributed by atoms with Crippen LogP contribution in [0.3, 0.4) is 0 Å². The van der Waals surface area contributed by atoms with E-state index < -0.39 is 0 Å². The summed E-state index contributed by atoms with van der Waals surface area (Å²) in [5, 5.41) is 12.3. The van der Waals surface area contributed by atoms with Crippen molar-refractivity contribution in [2.24, 2.45) is 0 Å². The molecule has 0 fully saturated rings. The number of hydrogen-bond acceptors (Lipinski definition) is 3. The lowest BCUT2D eigenvalue weighted by atomic mass is 10.1. The van der Waals surface area contributed by atoms with Crippen LogP contribution in [-0.4, -0.2) is 11.0 Å². The molecule has 24 heavy (non-hydrogen) atoms. The number of rotatable bonds is 5. The quantitative estimate of drug-likeness (QED) is 0.740. The standard InChI is InChI=1S/C20H17NO3/c22-17-9-6-8-16(13-17)21-20(23)19-12-5-4-7-15(19)14-24-18-10-2-1-3-11-18/h1-13,22H,14H2,(H,21,23). The van der Waals surface area contributed by atoms with E-state index in [1.807, 2.05) is 48.5 Å². The van der Waals surface area contributed by atoms with E-state index >= 15 is 0 Å². The van der Waals surface area contributed by atoms with E-state index in [9.17, 15) is 9.90 Å². The minimum atomic E-state index is -0.243. The first kappa shape index (κ1) is 15.6. The monoisotopic (exact) mass is 319 g/mol. The number of para-hydroxylation sites is 1. The van der Waals surface area contributed by atoms with Crippen molar-refractivity contribution >= 4 is 11.6 Å². The number of phenolic OH excluding ortho intramolecular Hbond substituents is 1. The molecule has 0 spiro atoms. The second-order valence-electron chi connectivity index (χ2n) is 5.26. The van der Waals surface area contributed by atoms with Crippen LogP contribution in [0.2, 0.25) is 0 Å². The molecule has 0 radical (unpaired) electrons. The van der Waals surface area contributed by atoms with Gasteiger partial charge in [0.2, 0.25) is 0 Å². The molecule has 0 aromatic heterocycles. The Balaban J connectivity index is 1.74. The Hall–Kier alpha value is -3.27. The number of amides is 1. The molecule has 0 bridgehead atoms. The highest BCUT2D eigenvalue weighted by Gasteiger charge is 2.12. The number of benzene rings is 3. The Morgan fingerprint density at radius 1 is 0.917 bits per heavy atom. The molecule has 0 saturated heterocycles. The first-order chi connectivity index (χ1) is 11.7. The molecular weight excluding hydrogens is 302 g/mol. The molecule has 4 nitrogen and oxygen atoms in total. The van der Waals surface area contributed by atoms with E-state index in [-0.39, 0.29) is 11.7 Å². The van der Waals surface area contributed by atoms with E-state index in [2.05, 4.69) is 5.32 Å². The predicted octanol–water partition coefficient (Wildman–Crippen LogP) is 4.22. The van der Waals surface area contributed by atoms with Gasteiger partial charge in [-0.25, -0.2) is 0 Å². The van der Waals surface area contributed by atoms with Gasteiger partial charge in [-0.3, -0.25) is 4.79 Å². The molecule has 3 aromatic rings. The van der Waals surface area contributed by atoms with Gasteiger partial charge in [-0.1, -0.05) is 42.5 Å². The van der Waals surface area contributed by atoms with Crippen LogP contribution in [0.15, 0.2) is 78.9 Å². The zero-order chi connectivity index (χ0) is 16.8. The van der Waals surface area contributed by atoms with Crippen molar-refractivity contribution in [3.63, 3.8) is 0 Å². The summed E-state index contributed by atoms with van der Waals surface area (Å²) in [5.41, 5.74) is 1.87. The number of hydrogen-bond donors (Lipinski definition) is 2. The summed E-state index contributed by atoms with van der Waals surface area (Å²) in [6.45, 7) is 0.299. The second-order valence-corrected chi connectivity index (χ2v) is 5.26. The molecule has 2 N–H and O–H groups in total. The lowest BCUT2D eigenvalue weighted by molar-refractivity contribution is 0.102. The topological polar surface area (TPSA) is 58.6 Å². The molecule has 4 heteroatoms. The van der Waals surface area contributed by atoms with Gasteiger partial charge in [0.05, 0.1) is 0 Å². The average molecular weight is 319 g/mol. The zero-order valence-electron chi connectivity index (χ0n) is 13.0. The number of phenols is 1. The Bertz CT molecular complexity index is 831. The van der Waals surface area contributed by atoms with Gasteiger partial charge in [-0.2, -0.15) is 0 Å². The van der Waals surface area contributed by atoms with Crippen molar-refractivity contribution in [2.45, 2.75) is 6.61 Å². The summed E-state index contributed by atoms with van der Waals surface area (Å²) in [7, 11) is 0. The molecule has 0 unspecified atom stereocenters. The van der Waals surface area contributed by atoms with E-state index in [4.69, 9.17) is 4.74 Å². The van der Waals surface area contributed by atoms with E-state index in [1.165, 1.54) is 6.07 Å². The first-order valence-corrected chi connectivity index (χ1v) is 7.58. The summed E-state index contributed by atoms with van der Waals surface area (Å²) >= 11 is 0. The van der Waals surface area contributed by atoms with Crippen molar-refractivity contribution in [2.75, 3.05) is 5.32 Å². The fourth-order valence-electron chi connectivity index (χ4n) is 2.33. The van der Waals surface area contributed by atoms with Crippen molar-refractivity contribution < 1.29 is 14.6 Å². The lowest BCUT2D eigenvalue weighted by Crippen LogP contribution is -2.15. The van der Waals surface area contributed by atoms with Gasteiger partial charge < -0.3 is 15.2 Å². The number of ether oxygens (including phenoxy) is 1. The highest BCUT2D eigenvalue weighted by atomic mass is 16.5. The fourth-order valence-corrected chi connectivity index (χ4v) is 2.33. The molecule has 0 saturated carbocycles. The fraction of sp³-hybridized carbons (Fsp3) is 0.0500. The third-order valence-electron chi connectivity index (χ3n) is 3.50. The highest BCUT2D eigenvalue weighted by Crippen LogP contribution is 2.19. The maximum atomic E-state index is 12.5. The number of aromatic hydroxyl groups is 1. The summed E-state index contributed by atoms with van der Waals surface area (Å²) in [4.78, 5) is 12.5. The molecule has 0 aliphatic rings. The minimum absolute atomic E-state index is 0.105. The van der Waals surface area contributed by atoms with Crippen LogP contribution in [0.5, 0.6) is 11.5 Å².